The smallest absolute Gasteiger partial charge is 0.263 e. The van der Waals surface area contributed by atoms with Gasteiger partial charge in [-0.3, -0.25) is 4.79 Å². The maximum Gasteiger partial charge on any atom is 0.263 e. The van der Waals surface area contributed by atoms with E-state index >= 15 is 0 Å². The molecule has 0 aliphatic carbocycles. The van der Waals surface area contributed by atoms with Crippen molar-refractivity contribution in [3.05, 3.63) is 50.2 Å². The first-order valence-corrected chi connectivity index (χ1v) is 10.2. The van der Waals surface area contributed by atoms with E-state index in [9.17, 15) is 13.2 Å². The fourth-order valence-corrected chi connectivity index (χ4v) is 3.35. The Bertz CT molecular complexity index is 919. The molecule has 0 bridgehead atoms. The first-order chi connectivity index (χ1) is 11.2. The summed E-state index contributed by atoms with van der Waals surface area (Å²) in [5.41, 5.74) is 0.835. The van der Waals surface area contributed by atoms with Gasteiger partial charge in [-0.25, -0.2) is 8.42 Å². The van der Waals surface area contributed by atoms with Gasteiger partial charge >= 0.3 is 0 Å². The normalized spacial score (nSPS) is 12.8. The van der Waals surface area contributed by atoms with Gasteiger partial charge < -0.3 is 4.57 Å². The molecule has 0 N–H and O–H groups in total. The zero-order chi connectivity index (χ0) is 17.9. The van der Waals surface area contributed by atoms with E-state index in [4.69, 9.17) is 23.2 Å². The standard InChI is InChI=1S/C14H15Cl2N3O3S2/c1-18(24(2,21)22)9-13(20)17-14-19(5-6-23-14)8-10-3-4-11(15)7-12(10)16/h3-7H,8-9H2,1-2H3. The Hall–Kier alpha value is -1.19. The number of benzene rings is 1. The van der Waals surface area contributed by atoms with Crippen molar-refractivity contribution in [3.8, 4) is 0 Å². The van der Waals surface area contributed by atoms with Gasteiger partial charge in [0.2, 0.25) is 10.0 Å². The lowest BCUT2D eigenvalue weighted by molar-refractivity contribution is -0.118. The van der Waals surface area contributed by atoms with Gasteiger partial charge in [-0.2, -0.15) is 9.30 Å². The molecule has 2 aromatic rings. The zero-order valence-electron chi connectivity index (χ0n) is 12.9. The minimum absolute atomic E-state index is 0.307. The van der Waals surface area contributed by atoms with Crippen molar-refractivity contribution < 1.29 is 13.2 Å². The second kappa shape index (κ2) is 7.79. The van der Waals surface area contributed by atoms with Crippen molar-refractivity contribution in [3.63, 3.8) is 0 Å². The van der Waals surface area contributed by atoms with Crippen LogP contribution in [0.3, 0.4) is 0 Å². The molecule has 0 radical (unpaired) electrons. The van der Waals surface area contributed by atoms with Crippen molar-refractivity contribution >= 4 is 50.5 Å². The Kier molecular flexibility index (Phi) is 6.22. The maximum atomic E-state index is 12.0. The number of carbonyl (C=O) groups is 1. The highest BCUT2D eigenvalue weighted by atomic mass is 35.5. The van der Waals surface area contributed by atoms with Gasteiger partial charge in [0.25, 0.3) is 5.91 Å². The van der Waals surface area contributed by atoms with E-state index in [1.807, 2.05) is 0 Å². The number of nitrogens with zero attached hydrogens (tertiary/aromatic N) is 3. The molecule has 130 valence electrons. The minimum Gasteiger partial charge on any atom is -0.319 e. The Morgan fingerprint density at radius 2 is 2.08 bits per heavy atom. The lowest BCUT2D eigenvalue weighted by Gasteiger charge is -2.10. The zero-order valence-corrected chi connectivity index (χ0v) is 16.1. The van der Waals surface area contributed by atoms with Crippen LogP contribution in [0.1, 0.15) is 5.56 Å². The van der Waals surface area contributed by atoms with Crippen molar-refractivity contribution in [2.24, 2.45) is 4.99 Å². The summed E-state index contributed by atoms with van der Waals surface area (Å²) in [6, 6.07) is 5.19. The third-order valence-electron chi connectivity index (χ3n) is 3.16. The average Bonchev–Trinajstić information content (AvgIpc) is 2.88. The number of aromatic nitrogens is 1. The van der Waals surface area contributed by atoms with Gasteiger partial charge in [0.1, 0.15) is 0 Å². The van der Waals surface area contributed by atoms with Gasteiger partial charge in [-0.1, -0.05) is 29.3 Å². The van der Waals surface area contributed by atoms with Crippen molar-refractivity contribution in [1.29, 1.82) is 0 Å². The number of halogens is 2. The van der Waals surface area contributed by atoms with Crippen LogP contribution in [0.25, 0.3) is 0 Å². The van der Waals surface area contributed by atoms with Crippen LogP contribution in [-0.4, -0.2) is 43.0 Å². The van der Waals surface area contributed by atoms with E-state index < -0.39 is 15.9 Å². The summed E-state index contributed by atoms with van der Waals surface area (Å²) in [4.78, 5) is 16.4. The van der Waals surface area contributed by atoms with E-state index in [-0.39, 0.29) is 6.54 Å². The first-order valence-electron chi connectivity index (χ1n) is 6.73. The molecule has 0 atom stereocenters. The molecule has 10 heteroatoms. The third kappa shape index (κ3) is 5.15. The number of sulfonamides is 1. The molecule has 0 fully saturated rings. The topological polar surface area (TPSA) is 71.7 Å². The number of thiazole rings is 1. The fraction of sp³-hybridized carbons (Fsp3) is 0.286. The summed E-state index contributed by atoms with van der Waals surface area (Å²) in [6.45, 7) is 0.117. The number of amides is 1. The van der Waals surface area contributed by atoms with Crippen LogP contribution in [0.5, 0.6) is 0 Å². The molecule has 1 heterocycles. The largest absolute Gasteiger partial charge is 0.319 e. The molecular formula is C14H15Cl2N3O3S2. The minimum atomic E-state index is -3.43. The lowest BCUT2D eigenvalue weighted by Crippen LogP contribution is -2.31. The summed E-state index contributed by atoms with van der Waals surface area (Å²) in [5, 5.41) is 2.86. The molecule has 0 spiro atoms. The molecule has 0 saturated heterocycles. The summed E-state index contributed by atoms with van der Waals surface area (Å²) >= 11 is 13.3. The monoisotopic (exact) mass is 407 g/mol. The van der Waals surface area contributed by atoms with E-state index in [2.05, 4.69) is 4.99 Å². The molecular weight excluding hydrogens is 393 g/mol. The quantitative estimate of drug-likeness (QED) is 0.762. The third-order valence-corrected chi connectivity index (χ3v) is 5.80. The predicted molar refractivity (Wildman–Crippen MR) is 95.9 cm³/mol. The second-order valence-corrected chi connectivity index (χ2v) is 8.88. The molecule has 0 aliphatic rings. The fourth-order valence-electron chi connectivity index (χ4n) is 1.79. The Morgan fingerprint density at radius 3 is 2.71 bits per heavy atom. The van der Waals surface area contributed by atoms with Gasteiger partial charge in [0.05, 0.1) is 19.3 Å². The molecule has 24 heavy (non-hydrogen) atoms. The van der Waals surface area contributed by atoms with Crippen LogP contribution < -0.4 is 4.80 Å². The van der Waals surface area contributed by atoms with Crippen LogP contribution in [0.15, 0.2) is 34.8 Å². The number of hydrogen-bond donors (Lipinski definition) is 0. The lowest BCUT2D eigenvalue weighted by atomic mass is 10.2. The summed E-state index contributed by atoms with van der Waals surface area (Å²) < 4.78 is 25.4. The van der Waals surface area contributed by atoms with Crippen LogP contribution >= 0.6 is 34.5 Å². The molecule has 6 nitrogen and oxygen atoms in total. The molecule has 0 unspecified atom stereocenters. The van der Waals surface area contributed by atoms with Crippen molar-refractivity contribution in [2.75, 3.05) is 19.8 Å². The molecule has 0 aliphatic heterocycles. The summed E-state index contributed by atoms with van der Waals surface area (Å²) in [7, 11) is -2.09. The van der Waals surface area contributed by atoms with Crippen LogP contribution in [0.4, 0.5) is 0 Å². The van der Waals surface area contributed by atoms with E-state index in [1.165, 1.54) is 18.4 Å². The van der Waals surface area contributed by atoms with Gasteiger partial charge in [-0.05, 0) is 17.7 Å². The number of likely N-dealkylation sites (N-methyl/N-ethyl adjacent to an activating group) is 1. The number of carbonyl (C=O) groups excluding carboxylic acids is 1. The number of rotatable bonds is 5. The molecule has 1 aromatic carbocycles. The van der Waals surface area contributed by atoms with Gasteiger partial charge in [-0.15, -0.1) is 11.3 Å². The SMILES string of the molecule is CN(CC(=O)N=c1sccn1Cc1ccc(Cl)cc1Cl)S(C)(=O)=O. The number of hydrogen-bond acceptors (Lipinski definition) is 4. The molecule has 2 rings (SSSR count). The van der Waals surface area contributed by atoms with E-state index in [0.717, 1.165) is 16.1 Å². The predicted octanol–water partition coefficient (Wildman–Crippen LogP) is 2.22. The van der Waals surface area contributed by atoms with Crippen LogP contribution in [0, 0.1) is 0 Å². The summed E-state index contributed by atoms with van der Waals surface area (Å²) in [5.74, 6) is -0.540. The highest BCUT2D eigenvalue weighted by Crippen LogP contribution is 2.21. The Morgan fingerprint density at radius 1 is 1.38 bits per heavy atom. The first kappa shape index (κ1) is 19.1. The van der Waals surface area contributed by atoms with E-state index in [1.54, 1.807) is 34.3 Å². The van der Waals surface area contributed by atoms with Gasteiger partial charge in [0.15, 0.2) is 4.80 Å². The maximum absolute atomic E-state index is 12.0. The molecule has 0 saturated carbocycles. The van der Waals surface area contributed by atoms with Crippen LogP contribution in [0.2, 0.25) is 10.0 Å². The molecule has 1 amide bonds. The second-order valence-electron chi connectivity index (χ2n) is 5.07. The Balaban J connectivity index is 2.22. The van der Waals surface area contributed by atoms with Crippen LogP contribution in [-0.2, 0) is 21.4 Å². The highest BCUT2D eigenvalue weighted by Gasteiger charge is 2.14. The van der Waals surface area contributed by atoms with E-state index in [0.29, 0.717) is 21.4 Å². The summed E-state index contributed by atoms with van der Waals surface area (Å²) in [6.07, 6.45) is 2.82. The molecule has 1 aromatic heterocycles. The average molecular weight is 408 g/mol. The Labute approximate surface area is 154 Å². The van der Waals surface area contributed by atoms with Crippen molar-refractivity contribution in [2.45, 2.75) is 6.54 Å². The highest BCUT2D eigenvalue weighted by molar-refractivity contribution is 7.88. The van der Waals surface area contributed by atoms with Crippen molar-refractivity contribution in [1.82, 2.24) is 8.87 Å². The van der Waals surface area contributed by atoms with Gasteiger partial charge in [0, 0.05) is 28.7 Å².